The summed E-state index contributed by atoms with van der Waals surface area (Å²) in [4.78, 5) is 23.8. The number of fused-ring (bicyclic) bond motifs is 1. The van der Waals surface area contributed by atoms with E-state index in [2.05, 4.69) is 0 Å². The monoisotopic (exact) mass is 312 g/mol. The number of cyclic esters (lactones) is 2. The molecule has 1 N–H and O–H groups in total. The van der Waals surface area contributed by atoms with Gasteiger partial charge in [-0.25, -0.2) is 9.59 Å². The molecule has 0 unspecified atom stereocenters. The molecule has 1 fully saturated rings. The van der Waals surface area contributed by atoms with E-state index in [1.165, 1.54) is 13.8 Å². The smallest absolute Gasteiger partial charge is 0.352 e. The van der Waals surface area contributed by atoms with Crippen LogP contribution in [0.25, 0.3) is 10.8 Å². The van der Waals surface area contributed by atoms with Crippen LogP contribution in [0, 0.1) is 0 Å². The van der Waals surface area contributed by atoms with E-state index in [4.69, 9.17) is 9.47 Å². The molecular formula is C18H16O5. The molecule has 0 atom stereocenters. The van der Waals surface area contributed by atoms with Gasteiger partial charge in [0.1, 0.15) is 5.76 Å². The van der Waals surface area contributed by atoms with E-state index < -0.39 is 23.3 Å². The summed E-state index contributed by atoms with van der Waals surface area (Å²) >= 11 is 0. The molecule has 0 aromatic heterocycles. The number of benzene rings is 2. The van der Waals surface area contributed by atoms with E-state index in [0.29, 0.717) is 0 Å². The highest BCUT2D eigenvalue weighted by atomic mass is 16.7. The zero-order valence-electron chi connectivity index (χ0n) is 12.8. The Labute approximate surface area is 133 Å². The minimum atomic E-state index is -1.32. The number of rotatable bonds is 2. The summed E-state index contributed by atoms with van der Waals surface area (Å²) in [7, 11) is 0. The molecule has 0 amide bonds. The SMILES string of the molecule is CC1(C)OC(=O)C(=C(O)Cc2ccc3ccccc3c2)C(=O)O1. The van der Waals surface area contributed by atoms with E-state index in [1.807, 2.05) is 42.5 Å². The second-order valence-corrected chi connectivity index (χ2v) is 5.86. The van der Waals surface area contributed by atoms with Gasteiger partial charge in [-0.15, -0.1) is 0 Å². The van der Waals surface area contributed by atoms with Crippen molar-refractivity contribution in [3.05, 3.63) is 59.4 Å². The van der Waals surface area contributed by atoms with Crippen molar-refractivity contribution in [1.82, 2.24) is 0 Å². The quantitative estimate of drug-likeness (QED) is 0.399. The normalized spacial score (nSPS) is 16.9. The van der Waals surface area contributed by atoms with Crippen LogP contribution in [0.2, 0.25) is 0 Å². The molecule has 0 aliphatic carbocycles. The summed E-state index contributed by atoms with van der Waals surface area (Å²) in [6, 6.07) is 13.4. The van der Waals surface area contributed by atoms with Crippen LogP contribution in [0.4, 0.5) is 0 Å². The predicted molar refractivity (Wildman–Crippen MR) is 83.6 cm³/mol. The predicted octanol–water partition coefficient (Wildman–Crippen LogP) is 3.03. The first-order valence-electron chi connectivity index (χ1n) is 7.22. The Balaban J connectivity index is 1.91. The molecule has 1 aliphatic heterocycles. The maximum atomic E-state index is 11.9. The number of hydrogen-bond donors (Lipinski definition) is 1. The Bertz CT molecular complexity index is 810. The average Bonchev–Trinajstić information content (AvgIpc) is 2.44. The van der Waals surface area contributed by atoms with E-state index in [-0.39, 0.29) is 12.2 Å². The summed E-state index contributed by atoms with van der Waals surface area (Å²) in [5.74, 6) is -3.42. The molecule has 2 aromatic carbocycles. The molecule has 0 saturated carbocycles. The molecule has 5 nitrogen and oxygen atoms in total. The topological polar surface area (TPSA) is 72.8 Å². The molecule has 0 radical (unpaired) electrons. The summed E-state index contributed by atoms with van der Waals surface area (Å²) in [6.07, 6.45) is 0.0464. The van der Waals surface area contributed by atoms with Crippen molar-refractivity contribution < 1.29 is 24.2 Å². The lowest BCUT2D eigenvalue weighted by Gasteiger charge is -2.30. The molecule has 0 bridgehead atoms. The summed E-state index contributed by atoms with van der Waals surface area (Å²) in [6.45, 7) is 2.92. The average molecular weight is 312 g/mol. The largest absolute Gasteiger partial charge is 0.511 e. The van der Waals surface area contributed by atoms with E-state index in [1.54, 1.807) is 0 Å². The molecule has 5 heteroatoms. The molecule has 118 valence electrons. The highest BCUT2D eigenvalue weighted by Crippen LogP contribution is 2.25. The fourth-order valence-electron chi connectivity index (χ4n) is 2.52. The van der Waals surface area contributed by atoms with Gasteiger partial charge in [0.2, 0.25) is 0 Å². The Hall–Kier alpha value is -2.82. The molecule has 3 rings (SSSR count). The standard InChI is InChI=1S/C18H16O5/c1-18(2)22-16(20)15(17(21)23-18)14(19)10-11-7-8-12-5-3-4-6-13(12)9-11/h3-9,19H,10H2,1-2H3. The van der Waals surface area contributed by atoms with Crippen molar-refractivity contribution in [2.24, 2.45) is 0 Å². The van der Waals surface area contributed by atoms with Crippen molar-refractivity contribution in [1.29, 1.82) is 0 Å². The van der Waals surface area contributed by atoms with Crippen molar-refractivity contribution in [3.8, 4) is 0 Å². The lowest BCUT2D eigenvalue weighted by molar-refractivity contribution is -0.222. The summed E-state index contributed by atoms with van der Waals surface area (Å²) in [5.41, 5.74) is 0.330. The number of carbonyl (C=O) groups excluding carboxylic acids is 2. The second-order valence-electron chi connectivity index (χ2n) is 5.86. The van der Waals surface area contributed by atoms with Crippen LogP contribution in [0.5, 0.6) is 0 Å². The van der Waals surface area contributed by atoms with Crippen molar-refractivity contribution in [2.75, 3.05) is 0 Å². The second kappa shape index (κ2) is 5.43. The number of carbonyl (C=O) groups is 2. The highest BCUT2D eigenvalue weighted by molar-refractivity contribution is 6.15. The van der Waals surface area contributed by atoms with Gasteiger partial charge < -0.3 is 14.6 Å². The van der Waals surface area contributed by atoms with Gasteiger partial charge in [0.05, 0.1) is 0 Å². The fraction of sp³-hybridized carbons (Fsp3) is 0.222. The van der Waals surface area contributed by atoms with E-state index in [9.17, 15) is 14.7 Å². The van der Waals surface area contributed by atoms with Gasteiger partial charge in [-0.2, -0.15) is 0 Å². The van der Waals surface area contributed by atoms with Gasteiger partial charge in [-0.05, 0) is 16.3 Å². The van der Waals surface area contributed by atoms with Crippen LogP contribution in [-0.4, -0.2) is 22.8 Å². The van der Waals surface area contributed by atoms with Gasteiger partial charge >= 0.3 is 11.9 Å². The molecule has 1 heterocycles. The lowest BCUT2D eigenvalue weighted by Crippen LogP contribution is -2.42. The van der Waals surface area contributed by atoms with Crippen molar-refractivity contribution in [3.63, 3.8) is 0 Å². The summed E-state index contributed by atoms with van der Waals surface area (Å²) in [5, 5.41) is 12.3. The Morgan fingerprint density at radius 3 is 2.26 bits per heavy atom. The molecule has 0 spiro atoms. The number of allylic oxidation sites excluding steroid dienone is 1. The number of esters is 2. The minimum absolute atomic E-state index is 0.0464. The number of aliphatic hydroxyl groups is 1. The number of hydrogen-bond acceptors (Lipinski definition) is 5. The highest BCUT2D eigenvalue weighted by Gasteiger charge is 2.41. The fourth-order valence-corrected chi connectivity index (χ4v) is 2.52. The zero-order chi connectivity index (χ0) is 16.6. The minimum Gasteiger partial charge on any atom is -0.511 e. The van der Waals surface area contributed by atoms with Crippen molar-refractivity contribution >= 4 is 22.7 Å². The number of aliphatic hydroxyl groups excluding tert-OH is 1. The maximum Gasteiger partial charge on any atom is 0.352 e. The Morgan fingerprint density at radius 2 is 1.61 bits per heavy atom. The van der Waals surface area contributed by atoms with E-state index >= 15 is 0 Å². The third-order valence-electron chi connectivity index (χ3n) is 3.56. The summed E-state index contributed by atoms with van der Waals surface area (Å²) < 4.78 is 9.97. The van der Waals surface area contributed by atoms with Crippen LogP contribution in [0.15, 0.2) is 53.8 Å². The Kier molecular flexibility index (Phi) is 3.56. The maximum absolute atomic E-state index is 11.9. The first-order chi connectivity index (χ1) is 10.9. The third kappa shape index (κ3) is 3.04. The number of ether oxygens (including phenoxy) is 2. The van der Waals surface area contributed by atoms with Crippen LogP contribution in [0.3, 0.4) is 0 Å². The first-order valence-corrected chi connectivity index (χ1v) is 7.22. The van der Waals surface area contributed by atoms with Gasteiger partial charge in [0, 0.05) is 20.3 Å². The van der Waals surface area contributed by atoms with Crippen LogP contribution >= 0.6 is 0 Å². The van der Waals surface area contributed by atoms with Gasteiger partial charge in [-0.1, -0.05) is 42.5 Å². The van der Waals surface area contributed by atoms with Gasteiger partial charge in [0.25, 0.3) is 5.79 Å². The Morgan fingerprint density at radius 1 is 1.00 bits per heavy atom. The van der Waals surface area contributed by atoms with Crippen LogP contribution in [0.1, 0.15) is 19.4 Å². The molecule has 2 aromatic rings. The lowest BCUT2D eigenvalue weighted by atomic mass is 10.0. The van der Waals surface area contributed by atoms with Gasteiger partial charge in [-0.3, -0.25) is 0 Å². The van der Waals surface area contributed by atoms with Crippen LogP contribution in [-0.2, 0) is 25.5 Å². The van der Waals surface area contributed by atoms with Crippen LogP contribution < -0.4 is 0 Å². The molecule has 1 aliphatic rings. The van der Waals surface area contributed by atoms with Gasteiger partial charge in [0.15, 0.2) is 5.57 Å². The zero-order valence-corrected chi connectivity index (χ0v) is 12.8. The third-order valence-corrected chi connectivity index (χ3v) is 3.56. The molecule has 1 saturated heterocycles. The molecule has 23 heavy (non-hydrogen) atoms. The van der Waals surface area contributed by atoms with E-state index in [0.717, 1.165) is 16.3 Å². The van der Waals surface area contributed by atoms with Crippen molar-refractivity contribution in [2.45, 2.75) is 26.1 Å². The first kappa shape index (κ1) is 15.1. The molecular weight excluding hydrogens is 296 g/mol.